The number of rotatable bonds is 6. The summed E-state index contributed by atoms with van der Waals surface area (Å²) in [5.41, 5.74) is 11.0. The monoisotopic (exact) mass is 717 g/mol. The van der Waals surface area contributed by atoms with Crippen LogP contribution in [0.4, 0.5) is 0 Å². The van der Waals surface area contributed by atoms with Crippen LogP contribution in [0.5, 0.6) is 0 Å². The molecule has 0 amide bonds. The Morgan fingerprint density at radius 1 is 0.393 bits per heavy atom. The molecular formula is C50H31N5O. The lowest BCUT2D eigenvalue weighted by Crippen LogP contribution is -2.00. The Bertz CT molecular complexity index is 3150. The first-order valence-corrected chi connectivity index (χ1v) is 18.6. The predicted molar refractivity (Wildman–Crippen MR) is 226 cm³/mol. The second kappa shape index (κ2) is 13.0. The summed E-state index contributed by atoms with van der Waals surface area (Å²) >= 11 is 0. The van der Waals surface area contributed by atoms with Crippen molar-refractivity contribution in [1.82, 2.24) is 24.5 Å². The van der Waals surface area contributed by atoms with Gasteiger partial charge in [-0.3, -0.25) is 0 Å². The molecule has 0 aliphatic heterocycles. The minimum absolute atomic E-state index is 0.623. The molecule has 0 bridgehead atoms. The Labute approximate surface area is 322 Å². The van der Waals surface area contributed by atoms with Crippen molar-refractivity contribution in [2.24, 2.45) is 0 Å². The van der Waals surface area contributed by atoms with Crippen molar-refractivity contribution >= 4 is 43.7 Å². The second-order valence-corrected chi connectivity index (χ2v) is 13.9. The van der Waals surface area contributed by atoms with Gasteiger partial charge in [0.15, 0.2) is 23.1 Å². The summed E-state index contributed by atoms with van der Waals surface area (Å²) in [4.78, 5) is 19.6. The highest BCUT2D eigenvalue weighted by molar-refractivity contribution is 6.15. The van der Waals surface area contributed by atoms with Crippen LogP contribution in [0, 0.1) is 0 Å². The van der Waals surface area contributed by atoms with E-state index in [4.69, 9.17) is 24.4 Å². The lowest BCUT2D eigenvalue weighted by molar-refractivity contribution is 0.620. The van der Waals surface area contributed by atoms with Gasteiger partial charge in [0.1, 0.15) is 5.52 Å². The summed E-state index contributed by atoms with van der Waals surface area (Å²) in [6.45, 7) is 0. The van der Waals surface area contributed by atoms with Gasteiger partial charge in [-0.25, -0.2) is 19.9 Å². The van der Waals surface area contributed by atoms with E-state index in [0.29, 0.717) is 23.4 Å². The van der Waals surface area contributed by atoms with Gasteiger partial charge in [-0.1, -0.05) is 140 Å². The van der Waals surface area contributed by atoms with Gasteiger partial charge in [-0.05, 0) is 70.4 Å². The third kappa shape index (κ3) is 5.43. The number of oxazole rings is 1. The highest BCUT2D eigenvalue weighted by atomic mass is 16.3. The SMILES string of the molecule is c1ccc(-c2nc(-c3ccccc3)nc(-c3ccc(-c4ccc5ccc(-n6c7ccccc7c7c(-c8nc9ccccc9o8)cccc76)cc5c4)cc3)n2)cc1. The van der Waals surface area contributed by atoms with E-state index in [0.717, 1.165) is 77.4 Å². The third-order valence-corrected chi connectivity index (χ3v) is 10.5. The molecule has 0 spiro atoms. The van der Waals surface area contributed by atoms with Crippen LogP contribution in [-0.4, -0.2) is 24.5 Å². The first kappa shape index (κ1) is 31.8. The van der Waals surface area contributed by atoms with Crippen molar-refractivity contribution < 1.29 is 4.42 Å². The maximum atomic E-state index is 6.29. The first-order valence-electron chi connectivity index (χ1n) is 18.6. The summed E-state index contributed by atoms with van der Waals surface area (Å²) in [6.07, 6.45) is 0. The molecule has 6 heteroatoms. The van der Waals surface area contributed by atoms with Gasteiger partial charge in [0, 0.05) is 38.7 Å². The van der Waals surface area contributed by atoms with E-state index in [1.807, 2.05) is 84.9 Å². The van der Waals surface area contributed by atoms with Crippen LogP contribution in [0.15, 0.2) is 192 Å². The Hall–Kier alpha value is -7.70. The van der Waals surface area contributed by atoms with Crippen LogP contribution in [-0.2, 0) is 0 Å². The topological polar surface area (TPSA) is 69.6 Å². The Kier molecular flexibility index (Phi) is 7.38. The molecule has 11 aromatic rings. The average Bonchev–Trinajstić information content (AvgIpc) is 3.86. The first-order chi connectivity index (χ1) is 27.7. The average molecular weight is 718 g/mol. The van der Waals surface area contributed by atoms with Gasteiger partial charge in [-0.15, -0.1) is 0 Å². The Balaban J connectivity index is 0.982. The quantitative estimate of drug-likeness (QED) is 0.171. The molecule has 6 nitrogen and oxygen atoms in total. The molecule has 0 aliphatic carbocycles. The number of fused-ring (bicyclic) bond motifs is 5. The molecular weight excluding hydrogens is 687 g/mol. The highest BCUT2D eigenvalue weighted by Crippen LogP contribution is 2.40. The zero-order valence-electron chi connectivity index (χ0n) is 30.0. The third-order valence-electron chi connectivity index (χ3n) is 10.5. The zero-order chi connectivity index (χ0) is 37.0. The summed E-state index contributed by atoms with van der Waals surface area (Å²) < 4.78 is 8.64. The normalized spacial score (nSPS) is 11.6. The highest BCUT2D eigenvalue weighted by Gasteiger charge is 2.19. The maximum Gasteiger partial charge on any atom is 0.228 e. The van der Waals surface area contributed by atoms with E-state index in [1.165, 1.54) is 5.39 Å². The van der Waals surface area contributed by atoms with Crippen LogP contribution in [0.1, 0.15) is 0 Å². The molecule has 11 rings (SSSR count). The molecule has 0 radical (unpaired) electrons. The van der Waals surface area contributed by atoms with Crippen LogP contribution < -0.4 is 0 Å². The van der Waals surface area contributed by atoms with Crippen molar-refractivity contribution in [3.8, 4) is 62.4 Å². The lowest BCUT2D eigenvalue weighted by atomic mass is 9.99. The standard InChI is InChI=1S/C50H31N5O/c1-3-12-34(13-4-1)47-52-48(35-14-5-2-6-15-35)54-49(53-47)36-25-22-32(23-26-36)37-27-24-33-28-29-39(31-38(33)30-37)55-43-19-9-7-16-40(43)46-41(17-11-20-44(46)55)50-51-42-18-8-10-21-45(42)56-50/h1-31H. The molecule has 8 aromatic carbocycles. The number of aromatic nitrogens is 5. The number of hydrogen-bond acceptors (Lipinski definition) is 5. The van der Waals surface area contributed by atoms with Crippen LogP contribution in [0.3, 0.4) is 0 Å². The van der Waals surface area contributed by atoms with Crippen molar-refractivity contribution in [3.05, 3.63) is 188 Å². The smallest absolute Gasteiger partial charge is 0.228 e. The Morgan fingerprint density at radius 3 is 1.71 bits per heavy atom. The van der Waals surface area contributed by atoms with E-state index in [9.17, 15) is 0 Å². The Morgan fingerprint density at radius 2 is 0.982 bits per heavy atom. The van der Waals surface area contributed by atoms with Gasteiger partial charge >= 0.3 is 0 Å². The molecule has 0 saturated heterocycles. The fraction of sp³-hybridized carbons (Fsp3) is 0. The molecule has 262 valence electrons. The fourth-order valence-corrected chi connectivity index (χ4v) is 7.77. The van der Waals surface area contributed by atoms with E-state index in [-0.39, 0.29) is 0 Å². The number of nitrogens with zero attached hydrogens (tertiary/aromatic N) is 5. The van der Waals surface area contributed by atoms with Gasteiger partial charge in [0.2, 0.25) is 5.89 Å². The van der Waals surface area contributed by atoms with Gasteiger partial charge in [0.25, 0.3) is 0 Å². The molecule has 3 aromatic heterocycles. The summed E-state index contributed by atoms with van der Waals surface area (Å²) in [7, 11) is 0. The maximum absolute atomic E-state index is 6.29. The molecule has 0 aliphatic rings. The minimum Gasteiger partial charge on any atom is -0.436 e. The summed E-state index contributed by atoms with van der Waals surface area (Å²) in [5.74, 6) is 2.56. The summed E-state index contributed by atoms with van der Waals surface area (Å²) in [6, 6.07) is 64.8. The molecule has 3 heterocycles. The molecule has 0 saturated carbocycles. The number of hydrogen-bond donors (Lipinski definition) is 0. The predicted octanol–water partition coefficient (Wildman–Crippen LogP) is 12.6. The summed E-state index contributed by atoms with van der Waals surface area (Å²) in [5, 5.41) is 4.60. The van der Waals surface area contributed by atoms with E-state index >= 15 is 0 Å². The van der Waals surface area contributed by atoms with Crippen molar-refractivity contribution in [2.75, 3.05) is 0 Å². The van der Waals surface area contributed by atoms with Gasteiger partial charge in [0.05, 0.1) is 11.0 Å². The van der Waals surface area contributed by atoms with Gasteiger partial charge < -0.3 is 8.98 Å². The minimum atomic E-state index is 0.623. The van der Waals surface area contributed by atoms with Crippen LogP contribution in [0.25, 0.3) is 106 Å². The van der Waals surface area contributed by atoms with E-state index in [1.54, 1.807) is 0 Å². The molecule has 56 heavy (non-hydrogen) atoms. The number of para-hydroxylation sites is 3. The zero-order valence-corrected chi connectivity index (χ0v) is 30.0. The van der Waals surface area contributed by atoms with E-state index in [2.05, 4.69) is 108 Å². The van der Waals surface area contributed by atoms with E-state index < -0.39 is 0 Å². The van der Waals surface area contributed by atoms with Crippen molar-refractivity contribution in [2.45, 2.75) is 0 Å². The molecule has 0 unspecified atom stereocenters. The molecule has 0 fully saturated rings. The molecule has 0 N–H and O–H groups in total. The number of benzene rings is 8. The fourth-order valence-electron chi connectivity index (χ4n) is 7.77. The van der Waals surface area contributed by atoms with Crippen LogP contribution >= 0.6 is 0 Å². The lowest BCUT2D eigenvalue weighted by Gasteiger charge is -2.11. The van der Waals surface area contributed by atoms with Crippen molar-refractivity contribution in [1.29, 1.82) is 0 Å². The molecule has 0 atom stereocenters. The van der Waals surface area contributed by atoms with Crippen molar-refractivity contribution in [3.63, 3.8) is 0 Å². The second-order valence-electron chi connectivity index (χ2n) is 13.9. The largest absolute Gasteiger partial charge is 0.436 e. The van der Waals surface area contributed by atoms with Crippen LogP contribution in [0.2, 0.25) is 0 Å². The van der Waals surface area contributed by atoms with Gasteiger partial charge in [-0.2, -0.15) is 0 Å².